The van der Waals surface area contributed by atoms with E-state index in [0.717, 1.165) is 11.0 Å². The van der Waals surface area contributed by atoms with Gasteiger partial charge < -0.3 is 5.32 Å². The zero-order valence-electron chi connectivity index (χ0n) is 11.7. The fourth-order valence-corrected chi connectivity index (χ4v) is 2.80. The monoisotopic (exact) mass is 317 g/mol. The standard InChI is InChI=1S/C17H20BrN/c1-4-19-17(15-8-6-5-7-12(15)2)16-11-14(18)10-9-13(16)3/h5-11,17,19H,4H2,1-3H3. The van der Waals surface area contributed by atoms with Gasteiger partial charge in [-0.3, -0.25) is 0 Å². The third-order valence-electron chi connectivity index (χ3n) is 3.46. The van der Waals surface area contributed by atoms with Gasteiger partial charge in [0, 0.05) is 4.47 Å². The minimum absolute atomic E-state index is 0.253. The molecule has 0 amide bonds. The predicted octanol–water partition coefficient (Wildman–Crippen LogP) is 4.76. The molecule has 2 aromatic carbocycles. The normalized spacial score (nSPS) is 12.4. The smallest absolute Gasteiger partial charge is 0.0582 e. The molecular weight excluding hydrogens is 298 g/mol. The lowest BCUT2D eigenvalue weighted by molar-refractivity contribution is 0.624. The van der Waals surface area contributed by atoms with Crippen LogP contribution >= 0.6 is 15.9 Å². The summed E-state index contributed by atoms with van der Waals surface area (Å²) in [6.07, 6.45) is 0. The Hall–Kier alpha value is -1.12. The number of hydrogen-bond donors (Lipinski definition) is 1. The molecule has 0 radical (unpaired) electrons. The van der Waals surface area contributed by atoms with Gasteiger partial charge >= 0.3 is 0 Å². The van der Waals surface area contributed by atoms with Gasteiger partial charge in [0.2, 0.25) is 0 Å². The Bertz CT molecular complexity index is 563. The number of benzene rings is 2. The van der Waals surface area contributed by atoms with Crippen LogP contribution in [0.3, 0.4) is 0 Å². The van der Waals surface area contributed by atoms with Gasteiger partial charge in [-0.25, -0.2) is 0 Å². The zero-order valence-corrected chi connectivity index (χ0v) is 13.3. The Labute approximate surface area is 124 Å². The Morgan fingerprint density at radius 1 is 1.00 bits per heavy atom. The van der Waals surface area contributed by atoms with Gasteiger partial charge in [-0.2, -0.15) is 0 Å². The molecule has 0 fully saturated rings. The zero-order chi connectivity index (χ0) is 13.8. The van der Waals surface area contributed by atoms with Gasteiger partial charge in [0.1, 0.15) is 0 Å². The summed E-state index contributed by atoms with van der Waals surface area (Å²) < 4.78 is 1.13. The first-order chi connectivity index (χ1) is 9.13. The summed E-state index contributed by atoms with van der Waals surface area (Å²) in [6.45, 7) is 7.45. The molecule has 0 aliphatic heterocycles. The van der Waals surface area contributed by atoms with Gasteiger partial charge in [0.15, 0.2) is 0 Å². The van der Waals surface area contributed by atoms with E-state index in [4.69, 9.17) is 0 Å². The molecule has 1 unspecified atom stereocenters. The minimum Gasteiger partial charge on any atom is -0.307 e. The molecule has 1 nitrogen and oxygen atoms in total. The lowest BCUT2D eigenvalue weighted by atomic mass is 9.92. The van der Waals surface area contributed by atoms with Crippen LogP contribution in [0.1, 0.15) is 35.2 Å². The summed E-state index contributed by atoms with van der Waals surface area (Å²) in [5.41, 5.74) is 5.33. The Morgan fingerprint density at radius 2 is 1.68 bits per heavy atom. The van der Waals surface area contributed by atoms with Gasteiger partial charge in [-0.15, -0.1) is 0 Å². The highest BCUT2D eigenvalue weighted by Gasteiger charge is 2.16. The fourth-order valence-electron chi connectivity index (χ4n) is 2.42. The molecule has 2 aromatic rings. The van der Waals surface area contributed by atoms with Crippen LogP contribution in [0.25, 0.3) is 0 Å². The van der Waals surface area contributed by atoms with Crippen molar-refractivity contribution >= 4 is 15.9 Å². The summed E-state index contributed by atoms with van der Waals surface area (Å²) in [5, 5.41) is 3.60. The van der Waals surface area contributed by atoms with Crippen LogP contribution < -0.4 is 5.32 Å². The molecule has 0 saturated heterocycles. The molecule has 2 heteroatoms. The van der Waals surface area contributed by atoms with Crippen LogP contribution in [0.4, 0.5) is 0 Å². The first-order valence-corrected chi connectivity index (χ1v) is 7.47. The third kappa shape index (κ3) is 3.26. The average Bonchev–Trinajstić information content (AvgIpc) is 2.40. The number of aryl methyl sites for hydroxylation is 2. The van der Waals surface area contributed by atoms with Crippen LogP contribution in [-0.2, 0) is 0 Å². The van der Waals surface area contributed by atoms with E-state index < -0.39 is 0 Å². The van der Waals surface area contributed by atoms with E-state index in [0.29, 0.717) is 0 Å². The van der Waals surface area contributed by atoms with Crippen LogP contribution in [-0.4, -0.2) is 6.54 Å². The summed E-state index contributed by atoms with van der Waals surface area (Å²) in [5.74, 6) is 0. The Morgan fingerprint density at radius 3 is 2.37 bits per heavy atom. The highest BCUT2D eigenvalue weighted by Crippen LogP contribution is 2.29. The minimum atomic E-state index is 0.253. The van der Waals surface area contributed by atoms with Crippen LogP contribution in [0.15, 0.2) is 46.9 Å². The predicted molar refractivity (Wildman–Crippen MR) is 85.6 cm³/mol. The summed E-state index contributed by atoms with van der Waals surface area (Å²) >= 11 is 3.58. The second-order valence-electron chi connectivity index (χ2n) is 4.85. The maximum absolute atomic E-state index is 3.60. The first kappa shape index (κ1) is 14.3. The molecule has 0 bridgehead atoms. The molecule has 0 aliphatic rings. The highest BCUT2D eigenvalue weighted by molar-refractivity contribution is 9.10. The molecule has 0 saturated carbocycles. The number of nitrogens with one attached hydrogen (secondary N) is 1. The fraction of sp³-hybridized carbons (Fsp3) is 0.294. The second-order valence-corrected chi connectivity index (χ2v) is 5.76. The molecule has 1 atom stereocenters. The maximum Gasteiger partial charge on any atom is 0.0582 e. The van der Waals surface area contributed by atoms with E-state index in [-0.39, 0.29) is 6.04 Å². The van der Waals surface area contributed by atoms with Crippen LogP contribution in [0.5, 0.6) is 0 Å². The lowest BCUT2D eigenvalue weighted by Crippen LogP contribution is -2.23. The SMILES string of the molecule is CCNC(c1ccccc1C)c1cc(Br)ccc1C. The van der Waals surface area contributed by atoms with Crippen molar-refractivity contribution in [3.8, 4) is 0 Å². The number of rotatable bonds is 4. The number of halogens is 1. The number of hydrogen-bond acceptors (Lipinski definition) is 1. The van der Waals surface area contributed by atoms with E-state index in [9.17, 15) is 0 Å². The molecule has 1 N–H and O–H groups in total. The van der Waals surface area contributed by atoms with Crippen LogP contribution in [0, 0.1) is 13.8 Å². The molecule has 0 aromatic heterocycles. The van der Waals surface area contributed by atoms with E-state index >= 15 is 0 Å². The van der Waals surface area contributed by atoms with Crippen molar-refractivity contribution in [2.75, 3.05) is 6.54 Å². The third-order valence-corrected chi connectivity index (χ3v) is 3.95. The van der Waals surface area contributed by atoms with E-state index in [1.807, 2.05) is 0 Å². The van der Waals surface area contributed by atoms with Crippen molar-refractivity contribution in [1.29, 1.82) is 0 Å². The van der Waals surface area contributed by atoms with Crippen molar-refractivity contribution in [2.45, 2.75) is 26.8 Å². The molecule has 0 aliphatic carbocycles. The second kappa shape index (κ2) is 6.36. The Balaban J connectivity index is 2.51. The van der Waals surface area contributed by atoms with Gasteiger partial charge in [-0.1, -0.05) is 53.2 Å². The lowest BCUT2D eigenvalue weighted by Gasteiger charge is -2.23. The molecular formula is C17H20BrN. The quantitative estimate of drug-likeness (QED) is 0.856. The molecule has 0 spiro atoms. The average molecular weight is 318 g/mol. The van der Waals surface area contributed by atoms with Crippen molar-refractivity contribution in [2.24, 2.45) is 0 Å². The molecule has 100 valence electrons. The highest BCUT2D eigenvalue weighted by atomic mass is 79.9. The van der Waals surface area contributed by atoms with Crippen molar-refractivity contribution in [3.05, 3.63) is 69.2 Å². The van der Waals surface area contributed by atoms with E-state index in [2.05, 4.69) is 84.5 Å². The van der Waals surface area contributed by atoms with Gasteiger partial charge in [0.25, 0.3) is 0 Å². The van der Waals surface area contributed by atoms with Crippen molar-refractivity contribution in [3.63, 3.8) is 0 Å². The maximum atomic E-state index is 3.60. The molecule has 2 rings (SSSR count). The summed E-state index contributed by atoms with van der Waals surface area (Å²) in [6, 6.07) is 15.3. The largest absolute Gasteiger partial charge is 0.307 e. The van der Waals surface area contributed by atoms with Crippen molar-refractivity contribution in [1.82, 2.24) is 5.32 Å². The van der Waals surface area contributed by atoms with E-state index in [1.165, 1.54) is 22.3 Å². The van der Waals surface area contributed by atoms with Crippen LogP contribution in [0.2, 0.25) is 0 Å². The van der Waals surface area contributed by atoms with Crippen molar-refractivity contribution < 1.29 is 0 Å². The van der Waals surface area contributed by atoms with Gasteiger partial charge in [-0.05, 0) is 54.8 Å². The summed E-state index contributed by atoms with van der Waals surface area (Å²) in [4.78, 5) is 0. The Kier molecular flexibility index (Phi) is 4.78. The summed E-state index contributed by atoms with van der Waals surface area (Å²) in [7, 11) is 0. The van der Waals surface area contributed by atoms with E-state index in [1.54, 1.807) is 0 Å². The molecule has 0 heterocycles. The topological polar surface area (TPSA) is 12.0 Å². The first-order valence-electron chi connectivity index (χ1n) is 6.68. The van der Waals surface area contributed by atoms with Gasteiger partial charge in [0.05, 0.1) is 6.04 Å². The molecule has 19 heavy (non-hydrogen) atoms.